The maximum Gasteiger partial charge on any atom is 0.172 e. The summed E-state index contributed by atoms with van der Waals surface area (Å²) in [6, 6.07) is 0. The molecule has 0 spiro atoms. The maximum absolute atomic E-state index is 11.4. The molecule has 0 saturated carbocycles. The van der Waals surface area contributed by atoms with Crippen LogP contribution in [-0.4, -0.2) is 56.1 Å². The van der Waals surface area contributed by atoms with Crippen molar-refractivity contribution >= 4 is 5.78 Å². The van der Waals surface area contributed by atoms with Gasteiger partial charge in [-0.3, -0.25) is 9.69 Å². The molecule has 1 heterocycles. The second kappa shape index (κ2) is 6.11. The summed E-state index contributed by atoms with van der Waals surface area (Å²) in [4.78, 5) is 13.6. The molecule has 1 aliphatic rings. The van der Waals surface area contributed by atoms with Crippen molar-refractivity contribution in [3.05, 3.63) is 0 Å². The molecule has 0 radical (unpaired) electrons. The van der Waals surface area contributed by atoms with Crippen molar-refractivity contribution < 1.29 is 9.53 Å². The fourth-order valence-corrected chi connectivity index (χ4v) is 1.42. The van der Waals surface area contributed by atoms with E-state index in [1.165, 1.54) is 0 Å². The Balaban J connectivity index is 2.12. The van der Waals surface area contributed by atoms with E-state index in [0.29, 0.717) is 6.54 Å². The average Bonchev–Trinajstić information content (AvgIpc) is 2.16. The SMILES string of the molecule is CC(C)OCC(=O)CN1CCNCC1. The number of hydrogen-bond donors (Lipinski definition) is 1. The molecule has 0 aliphatic carbocycles. The number of rotatable bonds is 5. The number of carbonyl (C=O) groups is 1. The van der Waals surface area contributed by atoms with E-state index in [-0.39, 0.29) is 18.5 Å². The lowest BCUT2D eigenvalue weighted by Crippen LogP contribution is -2.46. The Labute approximate surface area is 85.6 Å². The molecular formula is C10H20N2O2. The quantitative estimate of drug-likeness (QED) is 0.672. The first kappa shape index (κ1) is 11.6. The third kappa shape index (κ3) is 4.69. The lowest BCUT2D eigenvalue weighted by Gasteiger charge is -2.26. The van der Waals surface area contributed by atoms with Crippen molar-refractivity contribution in [2.45, 2.75) is 20.0 Å². The molecule has 1 fully saturated rings. The molecule has 1 N–H and O–H groups in total. The number of Topliss-reactive ketones (excluding diaryl/α,β-unsaturated/α-hetero) is 1. The van der Waals surface area contributed by atoms with E-state index in [0.717, 1.165) is 26.2 Å². The smallest absolute Gasteiger partial charge is 0.172 e. The van der Waals surface area contributed by atoms with Crippen LogP contribution in [0.25, 0.3) is 0 Å². The summed E-state index contributed by atoms with van der Waals surface area (Å²) in [5.74, 6) is 0.181. The fourth-order valence-electron chi connectivity index (χ4n) is 1.42. The predicted octanol–water partition coefficient (Wildman–Crippen LogP) is -0.114. The highest BCUT2D eigenvalue weighted by molar-refractivity contribution is 5.81. The average molecular weight is 200 g/mol. The van der Waals surface area contributed by atoms with E-state index >= 15 is 0 Å². The minimum Gasteiger partial charge on any atom is -0.371 e. The largest absolute Gasteiger partial charge is 0.371 e. The van der Waals surface area contributed by atoms with Gasteiger partial charge in [-0.1, -0.05) is 0 Å². The van der Waals surface area contributed by atoms with E-state index in [1.54, 1.807) is 0 Å². The molecule has 0 bridgehead atoms. The van der Waals surface area contributed by atoms with Crippen LogP contribution in [0.15, 0.2) is 0 Å². The van der Waals surface area contributed by atoms with Gasteiger partial charge in [0, 0.05) is 26.2 Å². The lowest BCUT2D eigenvalue weighted by molar-refractivity contribution is -0.126. The van der Waals surface area contributed by atoms with Gasteiger partial charge >= 0.3 is 0 Å². The maximum atomic E-state index is 11.4. The summed E-state index contributed by atoms with van der Waals surface area (Å²) >= 11 is 0. The Morgan fingerprint density at radius 2 is 2.07 bits per heavy atom. The number of piperazine rings is 1. The van der Waals surface area contributed by atoms with Crippen LogP contribution in [0.2, 0.25) is 0 Å². The summed E-state index contributed by atoms with van der Waals surface area (Å²) in [5.41, 5.74) is 0. The van der Waals surface area contributed by atoms with Crippen molar-refractivity contribution in [3.8, 4) is 0 Å². The van der Waals surface area contributed by atoms with E-state index in [4.69, 9.17) is 4.74 Å². The van der Waals surface area contributed by atoms with Gasteiger partial charge in [-0.25, -0.2) is 0 Å². The Hall–Kier alpha value is -0.450. The molecule has 0 unspecified atom stereocenters. The van der Waals surface area contributed by atoms with Crippen molar-refractivity contribution in [3.63, 3.8) is 0 Å². The van der Waals surface area contributed by atoms with Gasteiger partial charge in [-0.15, -0.1) is 0 Å². The standard InChI is InChI=1S/C10H20N2O2/c1-9(2)14-8-10(13)7-12-5-3-11-4-6-12/h9,11H,3-8H2,1-2H3. The van der Waals surface area contributed by atoms with Crippen molar-refractivity contribution in [1.29, 1.82) is 0 Å². The summed E-state index contributed by atoms with van der Waals surface area (Å²) in [7, 11) is 0. The number of hydrogen-bond acceptors (Lipinski definition) is 4. The van der Waals surface area contributed by atoms with Gasteiger partial charge in [-0.05, 0) is 13.8 Å². The van der Waals surface area contributed by atoms with Crippen LogP contribution in [-0.2, 0) is 9.53 Å². The summed E-state index contributed by atoms with van der Waals surface area (Å²) in [6.07, 6.45) is 0.141. The Morgan fingerprint density at radius 1 is 1.43 bits per heavy atom. The summed E-state index contributed by atoms with van der Waals surface area (Å²) in [5, 5.41) is 3.25. The molecule has 0 amide bonds. The van der Waals surface area contributed by atoms with E-state index in [1.807, 2.05) is 13.8 Å². The van der Waals surface area contributed by atoms with Crippen molar-refractivity contribution in [1.82, 2.24) is 10.2 Å². The fraction of sp³-hybridized carbons (Fsp3) is 0.900. The number of ketones is 1. The van der Waals surface area contributed by atoms with Gasteiger partial charge in [0.05, 0.1) is 12.6 Å². The van der Waals surface area contributed by atoms with Crippen LogP contribution in [0.5, 0.6) is 0 Å². The van der Waals surface area contributed by atoms with Gasteiger partial charge in [0.25, 0.3) is 0 Å². The van der Waals surface area contributed by atoms with Crippen molar-refractivity contribution in [2.24, 2.45) is 0 Å². The second-order valence-electron chi connectivity index (χ2n) is 3.92. The van der Waals surface area contributed by atoms with Crippen LogP contribution in [0.4, 0.5) is 0 Å². The highest BCUT2D eigenvalue weighted by atomic mass is 16.5. The molecule has 4 nitrogen and oxygen atoms in total. The zero-order chi connectivity index (χ0) is 10.4. The van der Waals surface area contributed by atoms with Gasteiger partial charge < -0.3 is 10.1 Å². The molecule has 0 aromatic carbocycles. The Morgan fingerprint density at radius 3 is 2.64 bits per heavy atom. The molecule has 82 valence electrons. The highest BCUT2D eigenvalue weighted by Gasteiger charge is 2.13. The molecule has 14 heavy (non-hydrogen) atoms. The predicted molar refractivity (Wildman–Crippen MR) is 55.4 cm³/mol. The molecule has 0 aromatic rings. The van der Waals surface area contributed by atoms with E-state index in [9.17, 15) is 4.79 Å². The number of carbonyl (C=O) groups excluding carboxylic acids is 1. The van der Waals surface area contributed by atoms with Gasteiger partial charge in [-0.2, -0.15) is 0 Å². The van der Waals surface area contributed by atoms with Crippen LogP contribution in [0.1, 0.15) is 13.8 Å². The van der Waals surface area contributed by atoms with Gasteiger partial charge in [0.1, 0.15) is 6.61 Å². The molecule has 1 saturated heterocycles. The van der Waals surface area contributed by atoms with Crippen LogP contribution < -0.4 is 5.32 Å². The zero-order valence-electron chi connectivity index (χ0n) is 9.08. The Kier molecular flexibility index (Phi) is 5.07. The molecule has 1 rings (SSSR count). The minimum atomic E-state index is 0.141. The number of nitrogens with zero attached hydrogens (tertiary/aromatic N) is 1. The Bertz CT molecular complexity index is 177. The first-order chi connectivity index (χ1) is 6.68. The molecule has 1 aliphatic heterocycles. The molecular weight excluding hydrogens is 180 g/mol. The van der Waals surface area contributed by atoms with E-state index < -0.39 is 0 Å². The van der Waals surface area contributed by atoms with Crippen LogP contribution in [0.3, 0.4) is 0 Å². The summed E-state index contributed by atoms with van der Waals surface area (Å²) < 4.78 is 5.25. The van der Waals surface area contributed by atoms with Crippen molar-refractivity contribution in [2.75, 3.05) is 39.3 Å². The second-order valence-corrected chi connectivity index (χ2v) is 3.92. The first-order valence-electron chi connectivity index (χ1n) is 5.25. The lowest BCUT2D eigenvalue weighted by atomic mass is 10.3. The monoisotopic (exact) mass is 200 g/mol. The van der Waals surface area contributed by atoms with Crippen LogP contribution >= 0.6 is 0 Å². The number of ether oxygens (including phenoxy) is 1. The third-order valence-electron chi connectivity index (χ3n) is 2.19. The molecule has 0 aromatic heterocycles. The topological polar surface area (TPSA) is 41.6 Å². The third-order valence-corrected chi connectivity index (χ3v) is 2.19. The summed E-state index contributed by atoms with van der Waals surface area (Å²) in [6.45, 7) is 8.57. The minimum absolute atomic E-state index is 0.141. The molecule has 0 atom stereocenters. The van der Waals surface area contributed by atoms with E-state index in [2.05, 4.69) is 10.2 Å². The highest BCUT2D eigenvalue weighted by Crippen LogP contribution is 1.94. The molecule has 4 heteroatoms. The van der Waals surface area contributed by atoms with Crippen LogP contribution in [0, 0.1) is 0 Å². The zero-order valence-corrected chi connectivity index (χ0v) is 9.08. The number of nitrogens with one attached hydrogen (secondary N) is 1. The van der Waals surface area contributed by atoms with Gasteiger partial charge in [0.2, 0.25) is 0 Å². The van der Waals surface area contributed by atoms with Gasteiger partial charge in [0.15, 0.2) is 5.78 Å². The normalized spacial score (nSPS) is 18.8. The first-order valence-corrected chi connectivity index (χ1v) is 5.25.